The maximum absolute atomic E-state index is 11.5. The van der Waals surface area contributed by atoms with E-state index in [2.05, 4.69) is 4.98 Å². The summed E-state index contributed by atoms with van der Waals surface area (Å²) >= 11 is 0. The Labute approximate surface area is 77.6 Å². The number of nitrogens with zero attached hydrogens (tertiary/aromatic N) is 2. The van der Waals surface area contributed by atoms with Crippen LogP contribution in [0.25, 0.3) is 0 Å². The highest BCUT2D eigenvalue weighted by Gasteiger charge is 2.11. The fraction of sp³-hybridized carbons (Fsp3) is 0.556. The highest BCUT2D eigenvalue weighted by molar-refractivity contribution is 5.78. The van der Waals surface area contributed by atoms with Gasteiger partial charge in [0.15, 0.2) is 6.39 Å². The summed E-state index contributed by atoms with van der Waals surface area (Å²) < 4.78 is 4.78. The third kappa shape index (κ3) is 2.57. The smallest absolute Gasteiger partial charge is 0.228 e. The topological polar surface area (TPSA) is 46.3 Å². The molecular weight excluding hydrogens is 168 g/mol. The molecule has 72 valence electrons. The lowest BCUT2D eigenvalue weighted by Crippen LogP contribution is -2.31. The SMILES string of the molecule is CCN(CC)C(=O)Cc1cocn1. The molecule has 1 amide bonds. The average Bonchev–Trinajstić information content (AvgIpc) is 2.59. The van der Waals surface area contributed by atoms with E-state index in [1.54, 1.807) is 4.90 Å². The molecule has 0 fully saturated rings. The zero-order valence-corrected chi connectivity index (χ0v) is 7.99. The van der Waals surface area contributed by atoms with Gasteiger partial charge in [-0.2, -0.15) is 0 Å². The van der Waals surface area contributed by atoms with Crippen molar-refractivity contribution < 1.29 is 9.21 Å². The maximum Gasteiger partial charge on any atom is 0.228 e. The maximum atomic E-state index is 11.5. The molecule has 1 heterocycles. The van der Waals surface area contributed by atoms with Crippen LogP contribution in [0.3, 0.4) is 0 Å². The number of hydrogen-bond acceptors (Lipinski definition) is 3. The molecule has 0 radical (unpaired) electrons. The fourth-order valence-corrected chi connectivity index (χ4v) is 1.17. The minimum absolute atomic E-state index is 0.0962. The molecule has 1 aromatic heterocycles. The van der Waals surface area contributed by atoms with Crippen molar-refractivity contribution in [3.8, 4) is 0 Å². The first-order chi connectivity index (χ1) is 6.27. The van der Waals surface area contributed by atoms with Crippen molar-refractivity contribution in [2.24, 2.45) is 0 Å². The predicted molar refractivity (Wildman–Crippen MR) is 48.1 cm³/mol. The van der Waals surface area contributed by atoms with Crippen LogP contribution in [0.1, 0.15) is 19.5 Å². The Morgan fingerprint density at radius 1 is 1.54 bits per heavy atom. The fourth-order valence-electron chi connectivity index (χ4n) is 1.17. The molecule has 1 rings (SSSR count). The molecule has 0 saturated carbocycles. The number of oxazole rings is 1. The second-order valence-corrected chi connectivity index (χ2v) is 2.72. The van der Waals surface area contributed by atoms with E-state index in [-0.39, 0.29) is 5.91 Å². The summed E-state index contributed by atoms with van der Waals surface area (Å²) in [6, 6.07) is 0. The number of amides is 1. The Morgan fingerprint density at radius 3 is 2.69 bits per heavy atom. The summed E-state index contributed by atoms with van der Waals surface area (Å²) in [6.45, 7) is 5.41. The Bertz CT molecular complexity index is 253. The lowest BCUT2D eigenvalue weighted by Gasteiger charge is -2.17. The van der Waals surface area contributed by atoms with Gasteiger partial charge in [0.25, 0.3) is 0 Å². The number of likely N-dealkylation sites (N-methyl/N-ethyl adjacent to an activating group) is 1. The molecule has 0 spiro atoms. The van der Waals surface area contributed by atoms with Crippen molar-refractivity contribution in [3.05, 3.63) is 18.4 Å². The van der Waals surface area contributed by atoms with Crippen LogP contribution < -0.4 is 0 Å². The molecule has 0 saturated heterocycles. The Kier molecular flexibility index (Phi) is 3.49. The highest BCUT2D eigenvalue weighted by Crippen LogP contribution is 1.99. The standard InChI is InChI=1S/C9H14N2O2/c1-3-11(4-2)9(12)5-8-6-13-7-10-8/h6-7H,3-5H2,1-2H3. The van der Waals surface area contributed by atoms with Gasteiger partial charge in [0, 0.05) is 13.1 Å². The van der Waals surface area contributed by atoms with Gasteiger partial charge >= 0.3 is 0 Å². The predicted octanol–water partition coefficient (Wildman–Crippen LogP) is 1.09. The number of carbonyl (C=O) groups is 1. The molecule has 4 heteroatoms. The highest BCUT2D eigenvalue weighted by atomic mass is 16.3. The van der Waals surface area contributed by atoms with Crippen LogP contribution >= 0.6 is 0 Å². The van der Waals surface area contributed by atoms with Crippen molar-refractivity contribution in [3.63, 3.8) is 0 Å². The van der Waals surface area contributed by atoms with E-state index in [0.717, 1.165) is 13.1 Å². The third-order valence-electron chi connectivity index (χ3n) is 1.93. The normalized spacial score (nSPS) is 10.0. The Morgan fingerprint density at radius 2 is 2.23 bits per heavy atom. The van der Waals surface area contributed by atoms with Crippen LogP contribution in [-0.4, -0.2) is 28.9 Å². The Hall–Kier alpha value is -1.32. The first-order valence-corrected chi connectivity index (χ1v) is 4.42. The summed E-state index contributed by atoms with van der Waals surface area (Å²) in [7, 11) is 0. The van der Waals surface area contributed by atoms with Crippen molar-refractivity contribution in [1.82, 2.24) is 9.88 Å². The van der Waals surface area contributed by atoms with Gasteiger partial charge in [0.2, 0.25) is 5.91 Å². The summed E-state index contributed by atoms with van der Waals surface area (Å²) in [5, 5.41) is 0. The minimum atomic E-state index is 0.0962. The zero-order valence-electron chi connectivity index (χ0n) is 7.99. The number of aromatic nitrogens is 1. The molecule has 4 nitrogen and oxygen atoms in total. The lowest BCUT2D eigenvalue weighted by atomic mass is 10.3. The van der Waals surface area contributed by atoms with Gasteiger partial charge in [-0.05, 0) is 13.8 Å². The molecule has 0 aliphatic carbocycles. The number of rotatable bonds is 4. The molecule has 0 N–H and O–H groups in total. The molecule has 0 aromatic carbocycles. The zero-order chi connectivity index (χ0) is 9.68. The molecule has 0 unspecified atom stereocenters. The van der Waals surface area contributed by atoms with Gasteiger partial charge in [0.05, 0.1) is 12.1 Å². The number of carbonyl (C=O) groups excluding carboxylic acids is 1. The molecule has 0 atom stereocenters. The first-order valence-electron chi connectivity index (χ1n) is 4.42. The monoisotopic (exact) mass is 182 g/mol. The van der Waals surface area contributed by atoms with Crippen molar-refractivity contribution in [2.45, 2.75) is 20.3 Å². The quantitative estimate of drug-likeness (QED) is 0.700. The van der Waals surface area contributed by atoms with Crippen molar-refractivity contribution in [1.29, 1.82) is 0 Å². The van der Waals surface area contributed by atoms with Crippen molar-refractivity contribution in [2.75, 3.05) is 13.1 Å². The van der Waals surface area contributed by atoms with E-state index in [1.807, 2.05) is 13.8 Å². The van der Waals surface area contributed by atoms with E-state index in [1.165, 1.54) is 12.7 Å². The van der Waals surface area contributed by atoms with E-state index in [0.29, 0.717) is 12.1 Å². The van der Waals surface area contributed by atoms with Crippen LogP contribution in [0, 0.1) is 0 Å². The van der Waals surface area contributed by atoms with E-state index < -0.39 is 0 Å². The van der Waals surface area contributed by atoms with Crippen LogP contribution in [-0.2, 0) is 11.2 Å². The van der Waals surface area contributed by atoms with Crippen molar-refractivity contribution >= 4 is 5.91 Å². The van der Waals surface area contributed by atoms with Crippen LogP contribution in [0.4, 0.5) is 0 Å². The van der Waals surface area contributed by atoms with Crippen LogP contribution in [0.15, 0.2) is 17.1 Å². The lowest BCUT2D eigenvalue weighted by molar-refractivity contribution is -0.130. The van der Waals surface area contributed by atoms with E-state index in [4.69, 9.17) is 4.42 Å². The van der Waals surface area contributed by atoms with E-state index >= 15 is 0 Å². The summed E-state index contributed by atoms with van der Waals surface area (Å²) in [5.74, 6) is 0.0962. The minimum Gasteiger partial charge on any atom is -0.451 e. The average molecular weight is 182 g/mol. The molecule has 0 bridgehead atoms. The second kappa shape index (κ2) is 4.64. The number of hydrogen-bond donors (Lipinski definition) is 0. The van der Waals surface area contributed by atoms with Gasteiger partial charge in [-0.1, -0.05) is 0 Å². The van der Waals surface area contributed by atoms with E-state index in [9.17, 15) is 4.79 Å². The van der Waals surface area contributed by atoms with Gasteiger partial charge < -0.3 is 9.32 Å². The summed E-state index contributed by atoms with van der Waals surface area (Å²) in [4.78, 5) is 17.2. The Balaban J connectivity index is 2.49. The third-order valence-corrected chi connectivity index (χ3v) is 1.93. The second-order valence-electron chi connectivity index (χ2n) is 2.72. The van der Waals surface area contributed by atoms with Gasteiger partial charge in [0.1, 0.15) is 6.26 Å². The molecule has 0 aliphatic rings. The largest absolute Gasteiger partial charge is 0.451 e. The molecule has 0 aliphatic heterocycles. The van der Waals surface area contributed by atoms with Crippen LogP contribution in [0.2, 0.25) is 0 Å². The summed E-state index contributed by atoms with van der Waals surface area (Å²) in [5.41, 5.74) is 0.692. The molecular formula is C9H14N2O2. The van der Waals surface area contributed by atoms with Crippen LogP contribution in [0.5, 0.6) is 0 Å². The molecule has 1 aromatic rings. The summed E-state index contributed by atoms with van der Waals surface area (Å²) in [6.07, 6.45) is 3.17. The van der Waals surface area contributed by atoms with Gasteiger partial charge in [-0.15, -0.1) is 0 Å². The first kappa shape index (κ1) is 9.77. The van der Waals surface area contributed by atoms with Gasteiger partial charge in [-0.3, -0.25) is 4.79 Å². The molecule has 13 heavy (non-hydrogen) atoms. The van der Waals surface area contributed by atoms with Gasteiger partial charge in [-0.25, -0.2) is 4.98 Å².